The fourth-order valence-electron chi connectivity index (χ4n) is 2.14. The van der Waals surface area contributed by atoms with Crippen molar-refractivity contribution in [3.63, 3.8) is 0 Å². The van der Waals surface area contributed by atoms with Crippen molar-refractivity contribution in [2.24, 2.45) is 0 Å². The van der Waals surface area contributed by atoms with Crippen LogP contribution in [0.4, 0.5) is 13.2 Å². The maximum absolute atomic E-state index is 12.8. The Balaban J connectivity index is 1.91. The number of aromatic nitrogens is 4. The number of rotatable bonds is 3. The lowest BCUT2D eigenvalue weighted by atomic mass is 10.1. The van der Waals surface area contributed by atoms with E-state index in [9.17, 15) is 13.2 Å². The van der Waals surface area contributed by atoms with E-state index in [4.69, 9.17) is 4.42 Å². The second-order valence-electron chi connectivity index (χ2n) is 5.09. The van der Waals surface area contributed by atoms with Crippen LogP contribution >= 0.6 is 0 Å². The zero-order valence-corrected chi connectivity index (χ0v) is 12.4. The van der Waals surface area contributed by atoms with Gasteiger partial charge < -0.3 is 4.42 Å². The lowest BCUT2D eigenvalue weighted by Crippen LogP contribution is -2.04. The minimum atomic E-state index is -4.40. The molecule has 0 aliphatic carbocycles. The van der Waals surface area contributed by atoms with Gasteiger partial charge in [-0.2, -0.15) is 18.3 Å². The van der Waals surface area contributed by atoms with Gasteiger partial charge in [0.25, 0.3) is 0 Å². The first-order chi connectivity index (χ1) is 10.8. The zero-order chi connectivity index (χ0) is 16.6. The van der Waals surface area contributed by atoms with Crippen LogP contribution in [0.3, 0.4) is 0 Å². The van der Waals surface area contributed by atoms with Gasteiger partial charge in [0.15, 0.2) is 0 Å². The molecule has 3 rings (SSSR count). The molecule has 3 aromatic rings. The molecule has 0 amide bonds. The van der Waals surface area contributed by atoms with Crippen molar-refractivity contribution in [2.45, 2.75) is 26.6 Å². The van der Waals surface area contributed by atoms with Crippen LogP contribution in [-0.2, 0) is 12.7 Å². The van der Waals surface area contributed by atoms with E-state index in [1.165, 1.54) is 12.1 Å². The number of benzene rings is 1. The maximum atomic E-state index is 12.8. The molecule has 0 saturated heterocycles. The van der Waals surface area contributed by atoms with Gasteiger partial charge in [-0.05, 0) is 32.0 Å². The van der Waals surface area contributed by atoms with Gasteiger partial charge in [-0.15, -0.1) is 0 Å². The Hall–Kier alpha value is -2.64. The largest absolute Gasteiger partial charge is 0.441 e. The van der Waals surface area contributed by atoms with Gasteiger partial charge in [0.1, 0.15) is 23.6 Å². The molecule has 0 radical (unpaired) electrons. The molecule has 0 spiro atoms. The standard InChI is InChI=1S/C15H13F3N4O/c1-9-13(7-22-8-19-10(2)21-22)20-14(23-9)11-4-3-5-12(6-11)15(16,17)18/h3-6,8H,7H2,1-2H3. The van der Waals surface area contributed by atoms with Crippen LogP contribution in [-0.4, -0.2) is 19.7 Å². The monoisotopic (exact) mass is 322 g/mol. The molecule has 0 atom stereocenters. The SMILES string of the molecule is Cc1ncn(Cc2nc(-c3cccc(C(F)(F)F)c3)oc2C)n1. The van der Waals surface area contributed by atoms with Crippen LogP contribution < -0.4 is 0 Å². The molecule has 0 bridgehead atoms. The second-order valence-corrected chi connectivity index (χ2v) is 5.09. The molecule has 23 heavy (non-hydrogen) atoms. The quantitative estimate of drug-likeness (QED) is 0.739. The minimum absolute atomic E-state index is 0.153. The Kier molecular flexibility index (Phi) is 3.67. The van der Waals surface area contributed by atoms with Gasteiger partial charge in [-0.25, -0.2) is 14.6 Å². The van der Waals surface area contributed by atoms with Crippen LogP contribution in [0.5, 0.6) is 0 Å². The van der Waals surface area contributed by atoms with Crippen LogP contribution in [0.25, 0.3) is 11.5 Å². The van der Waals surface area contributed by atoms with E-state index in [1.54, 1.807) is 24.9 Å². The number of nitrogens with zero attached hydrogens (tertiary/aromatic N) is 4. The second kappa shape index (κ2) is 5.53. The number of oxazole rings is 1. The number of hydrogen-bond donors (Lipinski definition) is 0. The van der Waals surface area contributed by atoms with E-state index in [0.717, 1.165) is 12.1 Å². The summed E-state index contributed by atoms with van der Waals surface area (Å²) in [6.07, 6.45) is -2.84. The predicted octanol–water partition coefficient (Wildman–Crippen LogP) is 3.62. The maximum Gasteiger partial charge on any atom is 0.416 e. The summed E-state index contributed by atoms with van der Waals surface area (Å²) in [6.45, 7) is 3.82. The van der Waals surface area contributed by atoms with Gasteiger partial charge in [-0.1, -0.05) is 6.07 Å². The van der Waals surface area contributed by atoms with Crippen LogP contribution in [0, 0.1) is 13.8 Å². The number of hydrogen-bond acceptors (Lipinski definition) is 4. The Morgan fingerprint density at radius 1 is 1.22 bits per heavy atom. The van der Waals surface area contributed by atoms with Crippen LogP contribution in [0.1, 0.15) is 22.8 Å². The minimum Gasteiger partial charge on any atom is -0.441 e. The molecule has 1 aromatic carbocycles. The lowest BCUT2D eigenvalue weighted by Gasteiger charge is -2.06. The van der Waals surface area contributed by atoms with Gasteiger partial charge in [0.05, 0.1) is 12.1 Å². The van der Waals surface area contributed by atoms with E-state index in [-0.39, 0.29) is 11.5 Å². The van der Waals surface area contributed by atoms with Crippen molar-refractivity contribution in [1.82, 2.24) is 19.7 Å². The predicted molar refractivity (Wildman–Crippen MR) is 75.5 cm³/mol. The van der Waals surface area contributed by atoms with Crippen LogP contribution in [0.2, 0.25) is 0 Å². The van der Waals surface area contributed by atoms with Gasteiger partial charge >= 0.3 is 6.18 Å². The first-order valence-electron chi connectivity index (χ1n) is 6.83. The van der Waals surface area contributed by atoms with E-state index < -0.39 is 11.7 Å². The fraction of sp³-hybridized carbons (Fsp3) is 0.267. The molecule has 0 aliphatic heterocycles. The first kappa shape index (κ1) is 15.3. The lowest BCUT2D eigenvalue weighted by molar-refractivity contribution is -0.137. The van der Waals surface area contributed by atoms with Crippen molar-refractivity contribution in [2.75, 3.05) is 0 Å². The summed E-state index contributed by atoms with van der Waals surface area (Å²) in [5.41, 5.74) is 0.144. The van der Waals surface area contributed by atoms with E-state index in [1.807, 2.05) is 0 Å². The molecule has 0 fully saturated rings. The summed E-state index contributed by atoms with van der Waals surface area (Å²) in [4.78, 5) is 8.30. The molecule has 0 unspecified atom stereocenters. The highest BCUT2D eigenvalue weighted by molar-refractivity contribution is 5.55. The zero-order valence-electron chi connectivity index (χ0n) is 12.4. The summed E-state index contributed by atoms with van der Waals surface area (Å²) in [5.74, 6) is 1.32. The molecule has 2 heterocycles. The summed E-state index contributed by atoms with van der Waals surface area (Å²) in [6, 6.07) is 4.90. The van der Waals surface area contributed by atoms with E-state index in [0.29, 0.717) is 23.8 Å². The van der Waals surface area contributed by atoms with Gasteiger partial charge in [-0.3, -0.25) is 0 Å². The number of halogens is 3. The Bertz CT molecular complexity index is 835. The molecular formula is C15H13F3N4O. The molecule has 120 valence electrons. The highest BCUT2D eigenvalue weighted by atomic mass is 19.4. The molecular weight excluding hydrogens is 309 g/mol. The molecule has 8 heteroatoms. The smallest absolute Gasteiger partial charge is 0.416 e. The van der Waals surface area contributed by atoms with Crippen LogP contribution in [0.15, 0.2) is 35.0 Å². The Morgan fingerprint density at radius 2 is 2.00 bits per heavy atom. The van der Waals surface area contributed by atoms with E-state index >= 15 is 0 Å². The Labute approximate surface area is 129 Å². The third kappa shape index (κ3) is 3.25. The molecule has 5 nitrogen and oxygen atoms in total. The van der Waals surface area contributed by atoms with E-state index in [2.05, 4.69) is 15.1 Å². The summed E-state index contributed by atoms with van der Waals surface area (Å²) >= 11 is 0. The van der Waals surface area contributed by atoms with Crippen molar-refractivity contribution in [3.8, 4) is 11.5 Å². The van der Waals surface area contributed by atoms with Crippen molar-refractivity contribution in [1.29, 1.82) is 0 Å². The topological polar surface area (TPSA) is 56.7 Å². The molecule has 2 aromatic heterocycles. The van der Waals surface area contributed by atoms with Crippen molar-refractivity contribution < 1.29 is 17.6 Å². The average Bonchev–Trinajstić information content (AvgIpc) is 3.05. The number of alkyl halides is 3. The highest BCUT2D eigenvalue weighted by Crippen LogP contribution is 2.32. The molecule has 0 N–H and O–H groups in total. The van der Waals surface area contributed by atoms with Crippen molar-refractivity contribution >= 4 is 0 Å². The summed E-state index contributed by atoms with van der Waals surface area (Å²) in [5, 5.41) is 4.15. The molecule has 0 saturated carbocycles. The molecule has 0 aliphatic rings. The van der Waals surface area contributed by atoms with Gasteiger partial charge in [0.2, 0.25) is 5.89 Å². The fourth-order valence-corrected chi connectivity index (χ4v) is 2.14. The highest BCUT2D eigenvalue weighted by Gasteiger charge is 2.30. The summed E-state index contributed by atoms with van der Waals surface area (Å²) < 4.78 is 45.5. The Morgan fingerprint density at radius 3 is 2.65 bits per heavy atom. The third-order valence-electron chi connectivity index (χ3n) is 3.29. The summed E-state index contributed by atoms with van der Waals surface area (Å²) in [7, 11) is 0. The third-order valence-corrected chi connectivity index (χ3v) is 3.29. The van der Waals surface area contributed by atoms with Crippen molar-refractivity contribution in [3.05, 3.63) is 53.4 Å². The normalized spacial score (nSPS) is 11.9. The average molecular weight is 322 g/mol. The number of aryl methyl sites for hydroxylation is 2. The van der Waals surface area contributed by atoms with Gasteiger partial charge in [0, 0.05) is 5.56 Å². The first-order valence-corrected chi connectivity index (χ1v) is 6.83.